The standard InChI is InChI=1S/C3H5.C2H4O2.Ag/c1-3-2;1-2(3)4;/h1,3H,2H3;1H3,(H,3,4);/q-1;;+1. The minimum Gasteiger partial charge on any atom is -0.518 e. The van der Waals surface area contributed by atoms with Gasteiger partial charge in [-0.25, -0.2) is 0 Å². The summed E-state index contributed by atoms with van der Waals surface area (Å²) in [5.41, 5.74) is 0. The van der Waals surface area contributed by atoms with Gasteiger partial charge < -0.3 is 11.7 Å². The van der Waals surface area contributed by atoms with Crippen LogP contribution in [0, 0.1) is 6.58 Å². The summed E-state index contributed by atoms with van der Waals surface area (Å²) in [4.78, 5) is 9.00. The van der Waals surface area contributed by atoms with E-state index in [0.29, 0.717) is 0 Å². The van der Waals surface area contributed by atoms with Gasteiger partial charge in [-0.1, -0.05) is 6.92 Å². The molecule has 8 heavy (non-hydrogen) atoms. The van der Waals surface area contributed by atoms with Crippen molar-refractivity contribution < 1.29 is 32.3 Å². The van der Waals surface area contributed by atoms with Crippen LogP contribution in [-0.2, 0) is 27.2 Å². The quantitative estimate of drug-likeness (QED) is 0.478. The van der Waals surface area contributed by atoms with Gasteiger partial charge in [-0.05, 0) is 0 Å². The van der Waals surface area contributed by atoms with Gasteiger partial charge in [0.25, 0.3) is 5.97 Å². The first kappa shape index (κ1) is 15.7. The van der Waals surface area contributed by atoms with Crippen molar-refractivity contribution in [1.82, 2.24) is 0 Å². The van der Waals surface area contributed by atoms with Gasteiger partial charge in [-0.2, -0.15) is 0 Å². The van der Waals surface area contributed by atoms with Crippen LogP contribution in [0.3, 0.4) is 0 Å². The Hall–Kier alpha value is -0.0497. The summed E-state index contributed by atoms with van der Waals surface area (Å²) < 4.78 is 0. The minimum absolute atomic E-state index is 0. The molecule has 0 aromatic rings. The number of hydrogen-bond acceptors (Lipinski definition) is 1. The summed E-state index contributed by atoms with van der Waals surface area (Å²) in [5, 5.41) is 7.42. The number of carboxylic acids is 1. The van der Waals surface area contributed by atoms with E-state index in [1.54, 1.807) is 6.92 Å². The number of aliphatic carboxylic acids is 1. The van der Waals surface area contributed by atoms with Crippen molar-refractivity contribution in [1.29, 1.82) is 0 Å². The van der Waals surface area contributed by atoms with E-state index in [0.717, 1.165) is 6.92 Å². The molecule has 0 atom stereocenters. The third kappa shape index (κ3) is 58900. The Bertz CT molecular complexity index is 57.4. The molecule has 2 nitrogen and oxygen atoms in total. The molecule has 0 unspecified atom stereocenters. The largest absolute Gasteiger partial charge is 1.00 e. The van der Waals surface area contributed by atoms with Crippen LogP contribution in [-0.4, -0.2) is 11.1 Å². The first-order chi connectivity index (χ1) is 3.15. The van der Waals surface area contributed by atoms with Gasteiger partial charge in [0.15, 0.2) is 0 Å². The molecule has 0 aliphatic rings. The van der Waals surface area contributed by atoms with Crippen LogP contribution in [0.15, 0.2) is 6.08 Å². The molecule has 3 heteroatoms. The van der Waals surface area contributed by atoms with Crippen LogP contribution in [0.4, 0.5) is 0 Å². The number of carbonyl (C=O) groups is 1. The summed E-state index contributed by atoms with van der Waals surface area (Å²) in [6.07, 6.45) is 1.50. The molecule has 0 aliphatic heterocycles. The van der Waals surface area contributed by atoms with Gasteiger partial charge in [0.05, 0.1) is 0 Å². The Labute approximate surface area is 65.1 Å². The van der Waals surface area contributed by atoms with Gasteiger partial charge in [-0.3, -0.25) is 10.9 Å². The van der Waals surface area contributed by atoms with Gasteiger partial charge in [0.2, 0.25) is 0 Å². The molecule has 0 aromatic heterocycles. The second-order valence-electron chi connectivity index (χ2n) is 0.852. The monoisotopic (exact) mass is 208 g/mol. The molecule has 0 radical (unpaired) electrons. The van der Waals surface area contributed by atoms with Gasteiger partial charge >= 0.3 is 22.4 Å². The van der Waals surface area contributed by atoms with E-state index >= 15 is 0 Å². The first-order valence-electron chi connectivity index (χ1n) is 1.84. The Morgan fingerprint density at radius 2 is 1.75 bits per heavy atom. The third-order valence-corrected chi connectivity index (χ3v) is 0. The molecule has 0 amide bonds. The smallest absolute Gasteiger partial charge is 0.518 e. The number of rotatable bonds is 0. The molecule has 0 spiro atoms. The molecule has 0 aromatic carbocycles. The number of allylic oxidation sites excluding steroid dienone is 1. The van der Waals surface area contributed by atoms with E-state index in [1.807, 2.05) is 0 Å². The molecular weight excluding hydrogens is 200 g/mol. The Morgan fingerprint density at radius 1 is 1.75 bits per heavy atom. The van der Waals surface area contributed by atoms with Crippen molar-refractivity contribution in [2.75, 3.05) is 0 Å². The zero-order chi connectivity index (χ0) is 6.28. The topological polar surface area (TPSA) is 37.3 Å². The van der Waals surface area contributed by atoms with Gasteiger partial charge in [-0.15, -0.1) is 0 Å². The average molecular weight is 209 g/mol. The normalized spacial score (nSPS) is 4.75. The average Bonchev–Trinajstić information content (AvgIpc) is 1.33. The minimum atomic E-state index is -0.833. The number of hydrogen-bond donors (Lipinski definition) is 1. The Kier molecular flexibility index (Phi) is 30.9. The van der Waals surface area contributed by atoms with Crippen molar-refractivity contribution >= 4 is 5.97 Å². The van der Waals surface area contributed by atoms with Crippen LogP contribution >= 0.6 is 0 Å². The van der Waals surface area contributed by atoms with Crippen molar-refractivity contribution in [2.45, 2.75) is 13.8 Å². The molecule has 52 valence electrons. The zero-order valence-corrected chi connectivity index (χ0v) is 6.29. The molecule has 0 rings (SSSR count). The molecule has 0 heterocycles. The second kappa shape index (κ2) is 15.8. The van der Waals surface area contributed by atoms with E-state index in [2.05, 4.69) is 0 Å². The van der Waals surface area contributed by atoms with Gasteiger partial charge in [0, 0.05) is 6.92 Å². The maximum atomic E-state index is 9.00. The molecule has 0 aliphatic carbocycles. The van der Waals surface area contributed by atoms with Crippen molar-refractivity contribution in [3.8, 4) is 0 Å². The van der Waals surface area contributed by atoms with E-state index in [1.165, 1.54) is 6.08 Å². The third-order valence-electron chi connectivity index (χ3n) is 0. The molecule has 0 saturated carbocycles. The first-order valence-corrected chi connectivity index (χ1v) is 1.84. The van der Waals surface area contributed by atoms with E-state index < -0.39 is 5.97 Å². The summed E-state index contributed by atoms with van der Waals surface area (Å²) >= 11 is 0. The molecule has 1 N–H and O–H groups in total. The fraction of sp³-hybridized carbons (Fsp3) is 0.400. The molecular formula is C5H9AgO2. The van der Waals surface area contributed by atoms with Crippen molar-refractivity contribution in [3.63, 3.8) is 0 Å². The Balaban J connectivity index is -0.0000000575. The summed E-state index contributed by atoms with van der Waals surface area (Å²) in [5.74, 6) is -0.833. The molecule has 0 bridgehead atoms. The maximum absolute atomic E-state index is 9.00. The fourth-order valence-corrected chi connectivity index (χ4v) is 0. The van der Waals surface area contributed by atoms with E-state index in [4.69, 9.17) is 16.5 Å². The van der Waals surface area contributed by atoms with Crippen LogP contribution in [0.1, 0.15) is 13.8 Å². The summed E-state index contributed by atoms with van der Waals surface area (Å²) in [6, 6.07) is 0. The SMILES string of the molecule is CC(=O)O.[Ag+].[CH-]=CC. The Morgan fingerprint density at radius 3 is 1.75 bits per heavy atom. The zero-order valence-electron chi connectivity index (χ0n) is 4.81. The van der Waals surface area contributed by atoms with Gasteiger partial charge in [0.1, 0.15) is 0 Å². The van der Waals surface area contributed by atoms with Crippen molar-refractivity contribution in [3.05, 3.63) is 12.7 Å². The second-order valence-corrected chi connectivity index (χ2v) is 0.852. The predicted octanol–water partition coefficient (Wildman–Crippen LogP) is 1.08. The maximum Gasteiger partial charge on any atom is 1.00 e. The summed E-state index contributed by atoms with van der Waals surface area (Å²) in [6.45, 7) is 7.58. The van der Waals surface area contributed by atoms with Crippen LogP contribution in [0.2, 0.25) is 0 Å². The van der Waals surface area contributed by atoms with E-state index in [9.17, 15) is 0 Å². The van der Waals surface area contributed by atoms with Crippen LogP contribution in [0.5, 0.6) is 0 Å². The molecule has 0 fully saturated rings. The summed E-state index contributed by atoms with van der Waals surface area (Å²) in [7, 11) is 0. The fourth-order valence-electron chi connectivity index (χ4n) is 0. The van der Waals surface area contributed by atoms with Crippen LogP contribution in [0.25, 0.3) is 0 Å². The van der Waals surface area contributed by atoms with Crippen molar-refractivity contribution in [2.24, 2.45) is 0 Å². The predicted molar refractivity (Wildman–Crippen MR) is 27.9 cm³/mol. The molecule has 0 saturated heterocycles. The number of carboxylic acid groups (broad SMARTS) is 1. The van der Waals surface area contributed by atoms with E-state index in [-0.39, 0.29) is 22.4 Å². The van der Waals surface area contributed by atoms with Crippen LogP contribution < -0.4 is 0 Å².